The van der Waals surface area contributed by atoms with Gasteiger partial charge in [0.15, 0.2) is 9.84 Å². The largest absolute Gasteiger partial charge is 0.416 e. The van der Waals surface area contributed by atoms with Gasteiger partial charge < -0.3 is 4.74 Å². The first kappa shape index (κ1) is 22.3. The molecule has 30 heavy (non-hydrogen) atoms. The molecule has 3 rings (SSSR count). The number of alkyl halides is 3. The third kappa shape index (κ3) is 4.66. The van der Waals surface area contributed by atoms with Crippen LogP contribution in [0, 0.1) is 0 Å². The smallest absolute Gasteiger partial charge is 0.381 e. The lowest BCUT2D eigenvalue weighted by atomic mass is 9.92. The van der Waals surface area contributed by atoms with Gasteiger partial charge in [-0.2, -0.15) is 13.2 Å². The summed E-state index contributed by atoms with van der Waals surface area (Å²) in [7, 11) is -3.86. The molecule has 0 atom stereocenters. The summed E-state index contributed by atoms with van der Waals surface area (Å²) in [4.78, 5) is 11.1. The number of carbonyl (C=O) groups is 1. The predicted octanol–water partition coefficient (Wildman–Crippen LogP) is 3.54. The fraction of sp³-hybridized carbons (Fsp3) is 0.350. The Bertz CT molecular complexity index is 983. The van der Waals surface area contributed by atoms with Crippen LogP contribution in [0.5, 0.6) is 0 Å². The van der Waals surface area contributed by atoms with Crippen molar-refractivity contribution in [3.8, 4) is 11.1 Å². The van der Waals surface area contributed by atoms with E-state index in [0.29, 0.717) is 16.2 Å². The maximum atomic E-state index is 12.9. The second-order valence-corrected chi connectivity index (χ2v) is 9.13. The number of hydroxylamine groups is 2. The van der Waals surface area contributed by atoms with Crippen molar-refractivity contribution in [3.63, 3.8) is 0 Å². The molecule has 1 aliphatic heterocycles. The highest BCUT2D eigenvalue weighted by Gasteiger charge is 2.42. The Morgan fingerprint density at radius 1 is 1.00 bits per heavy atom. The maximum absolute atomic E-state index is 12.9. The van der Waals surface area contributed by atoms with Gasteiger partial charge in [0, 0.05) is 13.2 Å². The number of carbonyl (C=O) groups excluding carboxylic acids is 1. The normalized spacial score (nSPS) is 16.8. The summed E-state index contributed by atoms with van der Waals surface area (Å²) in [6.07, 6.45) is -3.90. The van der Waals surface area contributed by atoms with Gasteiger partial charge in [0.1, 0.15) is 0 Å². The molecule has 0 unspecified atom stereocenters. The van der Waals surface area contributed by atoms with Crippen molar-refractivity contribution in [2.24, 2.45) is 0 Å². The van der Waals surface area contributed by atoms with Gasteiger partial charge in [-0.3, -0.25) is 10.0 Å². The van der Waals surface area contributed by atoms with E-state index in [0.717, 1.165) is 12.1 Å². The van der Waals surface area contributed by atoms with Crippen molar-refractivity contribution < 1.29 is 36.3 Å². The van der Waals surface area contributed by atoms with Crippen LogP contribution in [0.3, 0.4) is 0 Å². The van der Waals surface area contributed by atoms with E-state index in [4.69, 9.17) is 4.74 Å². The van der Waals surface area contributed by atoms with Crippen LogP contribution in [-0.2, 0) is 25.5 Å². The minimum atomic E-state index is -4.43. The molecule has 2 aromatic rings. The fourth-order valence-electron chi connectivity index (χ4n) is 3.45. The maximum Gasteiger partial charge on any atom is 0.416 e. The third-order valence-corrected chi connectivity index (χ3v) is 7.13. The molecule has 10 heteroatoms. The molecule has 1 fully saturated rings. The number of halogens is 3. The van der Waals surface area contributed by atoms with Gasteiger partial charge in [-0.15, -0.1) is 0 Å². The lowest BCUT2D eigenvalue weighted by Crippen LogP contribution is -2.54. The second-order valence-electron chi connectivity index (χ2n) is 7.15. The Morgan fingerprint density at radius 2 is 1.50 bits per heavy atom. The highest BCUT2D eigenvalue weighted by atomic mass is 32.2. The van der Waals surface area contributed by atoms with Crippen molar-refractivity contribution in [3.05, 3.63) is 54.1 Å². The van der Waals surface area contributed by atoms with E-state index in [1.807, 2.05) is 0 Å². The van der Waals surface area contributed by atoms with E-state index in [1.54, 1.807) is 0 Å². The van der Waals surface area contributed by atoms with E-state index in [2.05, 4.69) is 0 Å². The Hall–Kier alpha value is -2.43. The van der Waals surface area contributed by atoms with E-state index in [-0.39, 0.29) is 37.4 Å². The van der Waals surface area contributed by atoms with Crippen LogP contribution in [0.15, 0.2) is 53.4 Å². The van der Waals surface area contributed by atoms with Crippen LogP contribution >= 0.6 is 0 Å². The molecule has 162 valence electrons. The first-order valence-electron chi connectivity index (χ1n) is 9.09. The molecular weight excluding hydrogens is 423 g/mol. The van der Waals surface area contributed by atoms with Crippen molar-refractivity contribution in [1.82, 2.24) is 5.06 Å². The zero-order valence-electron chi connectivity index (χ0n) is 15.8. The topological polar surface area (TPSA) is 83.9 Å². The number of sulfone groups is 1. The van der Waals surface area contributed by atoms with Gasteiger partial charge in [0.2, 0.25) is 6.41 Å². The number of hydrogen-bond donors (Lipinski definition) is 1. The molecule has 0 aromatic heterocycles. The van der Waals surface area contributed by atoms with Crippen LogP contribution in [0.2, 0.25) is 0 Å². The molecule has 0 radical (unpaired) electrons. The van der Waals surface area contributed by atoms with Crippen molar-refractivity contribution in [2.45, 2.75) is 29.5 Å². The Balaban J connectivity index is 1.83. The lowest BCUT2D eigenvalue weighted by molar-refractivity contribution is -0.188. The van der Waals surface area contributed by atoms with Gasteiger partial charge in [-0.25, -0.2) is 13.5 Å². The monoisotopic (exact) mass is 443 g/mol. The Morgan fingerprint density at radius 3 is 1.97 bits per heavy atom. The number of nitrogens with zero attached hydrogens (tertiary/aromatic N) is 1. The summed E-state index contributed by atoms with van der Waals surface area (Å²) < 4.78 is 69.1. The lowest BCUT2D eigenvalue weighted by Gasteiger charge is -2.40. The zero-order valence-corrected chi connectivity index (χ0v) is 16.6. The van der Waals surface area contributed by atoms with Gasteiger partial charge >= 0.3 is 6.18 Å². The number of benzene rings is 2. The molecule has 0 aliphatic carbocycles. The summed E-state index contributed by atoms with van der Waals surface area (Å²) in [6.45, 7) is 0.431. The predicted molar refractivity (Wildman–Crippen MR) is 101 cm³/mol. The Kier molecular flexibility index (Phi) is 6.21. The summed E-state index contributed by atoms with van der Waals surface area (Å²) in [5, 5.41) is 10.4. The summed E-state index contributed by atoms with van der Waals surface area (Å²) in [5.41, 5.74) is -0.975. The zero-order chi connectivity index (χ0) is 22.0. The quantitative estimate of drug-likeness (QED) is 0.420. The summed E-state index contributed by atoms with van der Waals surface area (Å²) in [5.74, 6) is -0.474. The SMILES string of the molecule is O=CN(O)C1(CS(=O)(=O)c2ccc(-c3ccc(C(F)(F)F)cc3)cc2)CCOCC1. The highest BCUT2D eigenvalue weighted by molar-refractivity contribution is 7.91. The molecule has 0 bridgehead atoms. The van der Waals surface area contributed by atoms with Crippen molar-refractivity contribution in [2.75, 3.05) is 19.0 Å². The Labute approximate surface area is 171 Å². The third-order valence-electron chi connectivity index (χ3n) is 5.23. The van der Waals surface area contributed by atoms with Crippen LogP contribution in [0.25, 0.3) is 11.1 Å². The van der Waals surface area contributed by atoms with Gasteiger partial charge in [-0.05, 0) is 48.2 Å². The van der Waals surface area contributed by atoms with Gasteiger partial charge in [0.25, 0.3) is 0 Å². The molecule has 0 spiro atoms. The average molecular weight is 443 g/mol. The standard InChI is InChI=1S/C20H20F3NO5S/c21-20(22,23)17-5-1-15(2-6-17)16-3-7-18(8-4-16)30(27,28)13-19(24(26)14-25)9-11-29-12-10-19/h1-8,14,26H,9-13H2. The number of rotatable bonds is 6. The van der Waals surface area contributed by atoms with Crippen molar-refractivity contribution >= 4 is 16.2 Å². The van der Waals surface area contributed by atoms with Crippen LogP contribution in [0.1, 0.15) is 18.4 Å². The van der Waals surface area contributed by atoms with Crippen LogP contribution < -0.4 is 0 Å². The highest BCUT2D eigenvalue weighted by Crippen LogP contribution is 2.32. The first-order valence-corrected chi connectivity index (χ1v) is 10.7. The van der Waals surface area contributed by atoms with E-state index >= 15 is 0 Å². The molecular formula is C20H20F3NO5S. The van der Waals surface area contributed by atoms with Crippen LogP contribution in [0.4, 0.5) is 13.2 Å². The van der Waals surface area contributed by atoms with E-state index < -0.39 is 32.9 Å². The minimum absolute atomic E-state index is 0.0108. The summed E-state index contributed by atoms with van der Waals surface area (Å²) >= 11 is 0. The fourth-order valence-corrected chi connectivity index (χ4v) is 5.29. The first-order chi connectivity index (χ1) is 14.1. The van der Waals surface area contributed by atoms with Crippen LogP contribution in [-0.4, -0.2) is 49.6 Å². The molecule has 1 heterocycles. The van der Waals surface area contributed by atoms with E-state index in [1.165, 1.54) is 36.4 Å². The molecule has 1 aliphatic rings. The number of hydrogen-bond acceptors (Lipinski definition) is 5. The summed E-state index contributed by atoms with van der Waals surface area (Å²) in [6, 6.07) is 10.3. The molecule has 1 saturated heterocycles. The molecule has 1 N–H and O–H groups in total. The van der Waals surface area contributed by atoms with Gasteiger partial charge in [-0.1, -0.05) is 24.3 Å². The second kappa shape index (κ2) is 8.37. The molecule has 2 aromatic carbocycles. The number of amides is 1. The average Bonchev–Trinajstić information content (AvgIpc) is 2.73. The van der Waals surface area contributed by atoms with Gasteiger partial charge in [0.05, 0.1) is 21.8 Å². The number of ether oxygens (including phenoxy) is 1. The minimum Gasteiger partial charge on any atom is -0.381 e. The molecule has 0 saturated carbocycles. The molecule has 1 amide bonds. The molecule has 6 nitrogen and oxygen atoms in total. The van der Waals surface area contributed by atoms with E-state index in [9.17, 15) is 31.6 Å². The van der Waals surface area contributed by atoms with Crippen molar-refractivity contribution in [1.29, 1.82) is 0 Å².